The number of pyridine rings is 1. The third-order valence-corrected chi connectivity index (χ3v) is 2.93. The summed E-state index contributed by atoms with van der Waals surface area (Å²) >= 11 is 0. The second-order valence-corrected chi connectivity index (χ2v) is 4.25. The highest BCUT2D eigenvalue weighted by Crippen LogP contribution is 2.12. The molecule has 0 bridgehead atoms. The smallest absolute Gasteiger partial charge is 0.223 e. The zero-order chi connectivity index (χ0) is 12.3. The Balaban J connectivity index is 1.82. The van der Waals surface area contributed by atoms with Crippen molar-refractivity contribution >= 4 is 5.91 Å². The van der Waals surface area contributed by atoms with Crippen molar-refractivity contribution in [2.45, 2.75) is 25.0 Å². The zero-order valence-electron chi connectivity index (χ0n) is 9.49. The Morgan fingerprint density at radius 3 is 2.65 bits per heavy atom. The maximum atomic E-state index is 11.8. The first-order chi connectivity index (χ1) is 8.16. The van der Waals surface area contributed by atoms with E-state index in [1.165, 1.54) is 4.90 Å². The van der Waals surface area contributed by atoms with Crippen LogP contribution in [-0.2, 0) is 11.2 Å². The van der Waals surface area contributed by atoms with Gasteiger partial charge in [-0.05, 0) is 18.6 Å². The molecule has 2 N–H and O–H groups in total. The summed E-state index contributed by atoms with van der Waals surface area (Å²) in [5, 5.41) is 18.7. The van der Waals surface area contributed by atoms with E-state index in [1.54, 1.807) is 6.20 Å². The van der Waals surface area contributed by atoms with E-state index in [0.29, 0.717) is 12.8 Å². The molecule has 1 aromatic rings. The predicted octanol–water partition coefficient (Wildman–Crippen LogP) is -0.422. The van der Waals surface area contributed by atoms with Crippen molar-refractivity contribution < 1.29 is 15.0 Å². The van der Waals surface area contributed by atoms with Gasteiger partial charge in [0.15, 0.2) is 0 Å². The number of hydrogen-bond donors (Lipinski definition) is 2. The van der Waals surface area contributed by atoms with E-state index in [9.17, 15) is 15.0 Å². The third-order valence-electron chi connectivity index (χ3n) is 2.93. The van der Waals surface area contributed by atoms with Crippen LogP contribution in [0.5, 0.6) is 0 Å². The van der Waals surface area contributed by atoms with Gasteiger partial charge in [0.25, 0.3) is 0 Å². The molecule has 1 saturated heterocycles. The van der Waals surface area contributed by atoms with Crippen molar-refractivity contribution in [2.75, 3.05) is 13.1 Å². The van der Waals surface area contributed by atoms with Crippen LogP contribution in [0, 0.1) is 0 Å². The van der Waals surface area contributed by atoms with Crippen molar-refractivity contribution in [1.82, 2.24) is 9.88 Å². The number of likely N-dealkylation sites (tertiary alicyclic amines) is 1. The minimum Gasteiger partial charge on any atom is -0.388 e. The highest BCUT2D eigenvalue weighted by molar-refractivity contribution is 5.76. The van der Waals surface area contributed by atoms with E-state index >= 15 is 0 Å². The number of carbonyl (C=O) groups is 1. The molecular weight excluding hydrogens is 220 g/mol. The van der Waals surface area contributed by atoms with Gasteiger partial charge in [-0.2, -0.15) is 0 Å². The zero-order valence-corrected chi connectivity index (χ0v) is 9.49. The minimum atomic E-state index is -0.811. The number of β-amino-alcohol motifs (C(OH)–C–C–N with tert-alkyl or cyclic N) is 2. The van der Waals surface area contributed by atoms with Crippen LogP contribution in [0.3, 0.4) is 0 Å². The second-order valence-electron chi connectivity index (χ2n) is 4.25. The first-order valence-corrected chi connectivity index (χ1v) is 5.70. The molecule has 1 aliphatic heterocycles. The molecule has 1 fully saturated rings. The predicted molar refractivity (Wildman–Crippen MR) is 61.2 cm³/mol. The summed E-state index contributed by atoms with van der Waals surface area (Å²) in [6.07, 6.45) is 1.02. The Bertz CT molecular complexity index is 373. The highest BCUT2D eigenvalue weighted by atomic mass is 16.3. The summed E-state index contributed by atoms with van der Waals surface area (Å²) in [5.74, 6) is -0.0498. The molecule has 1 aliphatic rings. The van der Waals surface area contributed by atoms with E-state index in [0.717, 1.165) is 5.69 Å². The lowest BCUT2D eigenvalue weighted by molar-refractivity contribution is -0.130. The summed E-state index contributed by atoms with van der Waals surface area (Å²) in [4.78, 5) is 17.4. The number of nitrogens with zero attached hydrogens (tertiary/aromatic N) is 2. The van der Waals surface area contributed by atoms with E-state index < -0.39 is 12.2 Å². The van der Waals surface area contributed by atoms with Crippen molar-refractivity contribution in [2.24, 2.45) is 0 Å². The lowest BCUT2D eigenvalue weighted by Gasteiger charge is -2.14. The average molecular weight is 236 g/mol. The maximum absolute atomic E-state index is 11.8. The molecule has 0 saturated carbocycles. The van der Waals surface area contributed by atoms with Gasteiger partial charge >= 0.3 is 0 Å². The molecule has 5 heteroatoms. The molecule has 5 nitrogen and oxygen atoms in total. The number of aromatic nitrogens is 1. The van der Waals surface area contributed by atoms with Gasteiger partial charge in [0.2, 0.25) is 5.91 Å². The highest BCUT2D eigenvalue weighted by Gasteiger charge is 2.31. The van der Waals surface area contributed by atoms with Gasteiger partial charge in [-0.25, -0.2) is 0 Å². The largest absolute Gasteiger partial charge is 0.388 e. The molecule has 2 atom stereocenters. The van der Waals surface area contributed by atoms with Crippen molar-refractivity contribution in [3.8, 4) is 0 Å². The Morgan fingerprint density at radius 1 is 1.35 bits per heavy atom. The summed E-state index contributed by atoms with van der Waals surface area (Å²) in [7, 11) is 0. The molecule has 1 aromatic heterocycles. The number of rotatable bonds is 3. The van der Waals surface area contributed by atoms with Crippen LogP contribution in [0.4, 0.5) is 0 Å². The molecule has 17 heavy (non-hydrogen) atoms. The van der Waals surface area contributed by atoms with Gasteiger partial charge in [0.05, 0.1) is 12.2 Å². The summed E-state index contributed by atoms with van der Waals surface area (Å²) in [6.45, 7) is 0.449. The quantitative estimate of drug-likeness (QED) is 0.747. The molecule has 0 aromatic carbocycles. The Morgan fingerprint density at radius 2 is 2.06 bits per heavy atom. The Labute approximate surface area is 99.7 Å². The number of hydrogen-bond acceptors (Lipinski definition) is 4. The third kappa shape index (κ3) is 3.01. The second kappa shape index (κ2) is 5.25. The minimum absolute atomic E-state index is 0.0498. The van der Waals surface area contributed by atoms with Gasteiger partial charge in [0, 0.05) is 31.4 Å². The SMILES string of the molecule is O=C(CCc1ccccn1)N1CC(O)C(O)C1. The standard InChI is InChI=1S/C12H16N2O3/c15-10-7-14(8-11(10)16)12(17)5-4-9-3-1-2-6-13-9/h1-3,6,10-11,15-16H,4-5,7-8H2. The molecule has 2 heterocycles. The average Bonchev–Trinajstić information content (AvgIpc) is 2.68. The number of aliphatic hydroxyl groups is 2. The molecular formula is C12H16N2O3. The molecule has 2 unspecified atom stereocenters. The van der Waals surface area contributed by atoms with Crippen molar-refractivity contribution in [1.29, 1.82) is 0 Å². The number of aryl methyl sites for hydroxylation is 1. The van der Waals surface area contributed by atoms with Gasteiger partial charge in [-0.3, -0.25) is 9.78 Å². The van der Waals surface area contributed by atoms with Crippen LogP contribution in [0.25, 0.3) is 0 Å². The number of aliphatic hydroxyl groups excluding tert-OH is 2. The molecule has 92 valence electrons. The lowest BCUT2D eigenvalue weighted by Crippen LogP contribution is -2.30. The molecule has 0 spiro atoms. The van der Waals surface area contributed by atoms with Crippen LogP contribution in [0.15, 0.2) is 24.4 Å². The van der Waals surface area contributed by atoms with Crippen LogP contribution in [0.2, 0.25) is 0 Å². The van der Waals surface area contributed by atoms with Crippen LogP contribution in [-0.4, -0.2) is 51.3 Å². The van der Waals surface area contributed by atoms with E-state index in [2.05, 4.69) is 4.98 Å². The first kappa shape index (κ1) is 12.0. The maximum Gasteiger partial charge on any atom is 0.223 e. The van der Waals surface area contributed by atoms with E-state index in [4.69, 9.17) is 0 Å². The van der Waals surface area contributed by atoms with Crippen LogP contribution >= 0.6 is 0 Å². The summed E-state index contributed by atoms with van der Waals surface area (Å²) in [5.41, 5.74) is 0.876. The Hall–Kier alpha value is -1.46. The fraction of sp³-hybridized carbons (Fsp3) is 0.500. The van der Waals surface area contributed by atoms with Gasteiger partial charge < -0.3 is 15.1 Å². The number of amides is 1. The molecule has 0 aliphatic carbocycles. The number of carbonyl (C=O) groups excluding carboxylic acids is 1. The van der Waals surface area contributed by atoms with Crippen molar-refractivity contribution in [3.63, 3.8) is 0 Å². The van der Waals surface area contributed by atoms with Crippen molar-refractivity contribution in [3.05, 3.63) is 30.1 Å². The van der Waals surface area contributed by atoms with E-state index in [1.807, 2.05) is 18.2 Å². The molecule has 0 radical (unpaired) electrons. The molecule has 2 rings (SSSR count). The van der Waals surface area contributed by atoms with Crippen LogP contribution in [0.1, 0.15) is 12.1 Å². The normalized spacial score (nSPS) is 24.0. The Kier molecular flexibility index (Phi) is 3.71. The lowest BCUT2D eigenvalue weighted by atomic mass is 10.2. The first-order valence-electron chi connectivity index (χ1n) is 5.70. The fourth-order valence-electron chi connectivity index (χ4n) is 1.91. The van der Waals surface area contributed by atoms with E-state index in [-0.39, 0.29) is 19.0 Å². The fourth-order valence-corrected chi connectivity index (χ4v) is 1.91. The van der Waals surface area contributed by atoms with Gasteiger partial charge in [-0.15, -0.1) is 0 Å². The topological polar surface area (TPSA) is 73.7 Å². The van der Waals surface area contributed by atoms with Gasteiger partial charge in [-0.1, -0.05) is 6.07 Å². The summed E-state index contributed by atoms with van der Waals surface area (Å²) in [6, 6.07) is 5.59. The summed E-state index contributed by atoms with van der Waals surface area (Å²) < 4.78 is 0. The van der Waals surface area contributed by atoms with Crippen LogP contribution < -0.4 is 0 Å². The monoisotopic (exact) mass is 236 g/mol. The van der Waals surface area contributed by atoms with Gasteiger partial charge in [0.1, 0.15) is 0 Å². The molecule has 1 amide bonds.